The van der Waals surface area contributed by atoms with Crippen molar-refractivity contribution < 1.29 is 23.5 Å². The van der Waals surface area contributed by atoms with Gasteiger partial charge in [-0.2, -0.15) is 8.78 Å². The molecule has 6 heteroatoms. The zero-order valence-corrected chi connectivity index (χ0v) is 12.4. The van der Waals surface area contributed by atoms with Gasteiger partial charge in [0.1, 0.15) is 0 Å². The molecule has 0 saturated carbocycles. The third-order valence-corrected chi connectivity index (χ3v) is 3.24. The van der Waals surface area contributed by atoms with Gasteiger partial charge in [0, 0.05) is 17.3 Å². The lowest BCUT2D eigenvalue weighted by molar-refractivity contribution is -0.131. The van der Waals surface area contributed by atoms with Crippen LogP contribution in [-0.4, -0.2) is 16.9 Å². The highest BCUT2D eigenvalue weighted by atomic mass is 19.3. The van der Waals surface area contributed by atoms with Crippen molar-refractivity contribution in [3.8, 4) is 0 Å². The number of carboxylic acid groups (broad SMARTS) is 1. The second-order valence-electron chi connectivity index (χ2n) is 4.85. The molecule has 2 rings (SSSR count). The minimum atomic E-state index is -2.07. The molecule has 0 aliphatic heterocycles. The van der Waals surface area contributed by atoms with E-state index in [1.54, 1.807) is 18.2 Å². The topological polar surface area (TPSA) is 80.4 Å². The Kier molecular flexibility index (Phi) is 5.21. The Morgan fingerprint density at radius 3 is 1.92 bits per heavy atom. The van der Waals surface area contributed by atoms with Gasteiger partial charge in [0.25, 0.3) is 6.08 Å². The Labute approximate surface area is 136 Å². The van der Waals surface area contributed by atoms with Gasteiger partial charge in [-0.3, -0.25) is 4.79 Å². The van der Waals surface area contributed by atoms with E-state index >= 15 is 0 Å². The number of carbonyl (C=O) groups excluding carboxylic acids is 1. The van der Waals surface area contributed by atoms with Crippen LogP contribution in [0.4, 0.5) is 8.78 Å². The standard InChI is InChI=1S/C18H13F2NO3/c19-18(20)16(12-4-2-1-3-5-12)17(24)13-8-6-11(7-9-13)14(21)10-15(22)23/h1-10H,21H2,(H,22,23)/b14-10-. The van der Waals surface area contributed by atoms with E-state index in [9.17, 15) is 18.4 Å². The lowest BCUT2D eigenvalue weighted by Crippen LogP contribution is -2.05. The zero-order valence-electron chi connectivity index (χ0n) is 12.4. The monoisotopic (exact) mass is 329 g/mol. The van der Waals surface area contributed by atoms with Gasteiger partial charge >= 0.3 is 5.97 Å². The van der Waals surface area contributed by atoms with Gasteiger partial charge in [0.05, 0.1) is 5.57 Å². The summed E-state index contributed by atoms with van der Waals surface area (Å²) in [5.74, 6) is -2.03. The Balaban J connectivity index is 2.36. The molecule has 0 spiro atoms. The van der Waals surface area contributed by atoms with Crippen molar-refractivity contribution in [1.82, 2.24) is 0 Å². The molecule has 0 radical (unpaired) electrons. The smallest absolute Gasteiger partial charge is 0.330 e. The molecule has 0 aliphatic carbocycles. The molecular weight excluding hydrogens is 316 g/mol. The van der Waals surface area contributed by atoms with Gasteiger partial charge in [0.15, 0.2) is 5.78 Å². The molecule has 0 saturated heterocycles. The minimum absolute atomic E-state index is 0.00278. The summed E-state index contributed by atoms with van der Waals surface area (Å²) >= 11 is 0. The summed E-state index contributed by atoms with van der Waals surface area (Å²) in [6.45, 7) is 0. The van der Waals surface area contributed by atoms with Crippen LogP contribution in [0.15, 0.2) is 66.8 Å². The fraction of sp³-hybridized carbons (Fsp3) is 0. The van der Waals surface area contributed by atoms with Crippen LogP contribution in [0.25, 0.3) is 11.3 Å². The maximum absolute atomic E-state index is 13.2. The molecule has 122 valence electrons. The SMILES string of the molecule is N/C(=C\C(=O)O)c1ccc(C(=O)C(=C(F)F)c2ccccc2)cc1. The Morgan fingerprint density at radius 1 is 0.875 bits per heavy atom. The number of nitrogens with two attached hydrogens (primary N) is 1. The zero-order chi connectivity index (χ0) is 17.7. The van der Waals surface area contributed by atoms with Crippen molar-refractivity contribution in [2.75, 3.05) is 0 Å². The molecule has 2 aromatic rings. The maximum Gasteiger partial charge on any atom is 0.330 e. The normalized spacial score (nSPS) is 11.0. The van der Waals surface area contributed by atoms with Crippen molar-refractivity contribution in [2.24, 2.45) is 5.73 Å². The van der Waals surface area contributed by atoms with Crippen molar-refractivity contribution in [3.05, 3.63) is 83.4 Å². The largest absolute Gasteiger partial charge is 0.478 e. The molecule has 0 aromatic heterocycles. The van der Waals surface area contributed by atoms with Crippen molar-refractivity contribution >= 4 is 23.0 Å². The summed E-state index contributed by atoms with van der Waals surface area (Å²) < 4.78 is 26.5. The second-order valence-corrected chi connectivity index (χ2v) is 4.85. The highest BCUT2D eigenvalue weighted by Gasteiger charge is 2.20. The number of allylic oxidation sites excluding steroid dienone is 1. The number of halogens is 2. The van der Waals surface area contributed by atoms with E-state index in [0.29, 0.717) is 5.56 Å². The fourth-order valence-corrected chi connectivity index (χ4v) is 2.11. The second kappa shape index (κ2) is 7.32. The van der Waals surface area contributed by atoms with E-state index in [1.165, 1.54) is 36.4 Å². The molecule has 0 amide bonds. The van der Waals surface area contributed by atoms with E-state index in [4.69, 9.17) is 10.8 Å². The number of aliphatic carboxylic acids is 1. The first-order valence-electron chi connectivity index (χ1n) is 6.86. The van der Waals surface area contributed by atoms with E-state index in [0.717, 1.165) is 6.08 Å². The molecule has 0 heterocycles. The summed E-state index contributed by atoms with van der Waals surface area (Å²) in [6.07, 6.45) is -1.26. The van der Waals surface area contributed by atoms with Crippen molar-refractivity contribution in [1.29, 1.82) is 0 Å². The van der Waals surface area contributed by atoms with Crippen LogP contribution < -0.4 is 5.73 Å². The molecule has 24 heavy (non-hydrogen) atoms. The molecule has 0 unspecified atom stereocenters. The van der Waals surface area contributed by atoms with Crippen LogP contribution in [0.2, 0.25) is 0 Å². The number of ketones is 1. The molecule has 0 bridgehead atoms. The summed E-state index contributed by atoms with van der Waals surface area (Å²) in [7, 11) is 0. The average molecular weight is 329 g/mol. The van der Waals surface area contributed by atoms with Crippen LogP contribution in [0, 0.1) is 0 Å². The number of rotatable bonds is 5. The van der Waals surface area contributed by atoms with Crippen molar-refractivity contribution in [3.63, 3.8) is 0 Å². The van der Waals surface area contributed by atoms with E-state index in [1.807, 2.05) is 0 Å². The number of hydrogen-bond acceptors (Lipinski definition) is 3. The predicted octanol–water partition coefficient (Wildman–Crippen LogP) is 3.56. The predicted molar refractivity (Wildman–Crippen MR) is 86.2 cm³/mol. The summed E-state index contributed by atoms with van der Waals surface area (Å²) in [4.78, 5) is 22.9. The highest BCUT2D eigenvalue weighted by Crippen LogP contribution is 2.25. The number of carbonyl (C=O) groups is 2. The first-order valence-corrected chi connectivity index (χ1v) is 6.86. The summed E-state index contributed by atoms with van der Waals surface area (Å²) in [5.41, 5.74) is 5.46. The average Bonchev–Trinajstić information content (AvgIpc) is 2.55. The summed E-state index contributed by atoms with van der Waals surface area (Å²) in [5, 5.41) is 8.65. The Hall–Kier alpha value is -3.28. The first kappa shape index (κ1) is 17.1. The number of benzene rings is 2. The Bertz CT molecular complexity index is 821. The quantitative estimate of drug-likeness (QED) is 0.649. The minimum Gasteiger partial charge on any atom is -0.478 e. The molecule has 4 nitrogen and oxygen atoms in total. The van der Waals surface area contributed by atoms with E-state index in [2.05, 4.69) is 0 Å². The van der Waals surface area contributed by atoms with Gasteiger partial charge in [-0.05, 0) is 11.1 Å². The molecule has 2 aromatic carbocycles. The molecule has 0 atom stereocenters. The van der Waals surface area contributed by atoms with E-state index < -0.39 is 23.4 Å². The van der Waals surface area contributed by atoms with E-state index in [-0.39, 0.29) is 16.8 Å². The maximum atomic E-state index is 13.2. The van der Waals surface area contributed by atoms with Crippen molar-refractivity contribution in [2.45, 2.75) is 0 Å². The Morgan fingerprint density at radius 2 is 1.42 bits per heavy atom. The first-order chi connectivity index (χ1) is 11.4. The lowest BCUT2D eigenvalue weighted by Gasteiger charge is -2.07. The van der Waals surface area contributed by atoms with Crippen LogP contribution in [-0.2, 0) is 4.79 Å². The number of carboxylic acids is 1. The fourth-order valence-electron chi connectivity index (χ4n) is 2.11. The van der Waals surface area contributed by atoms with Gasteiger partial charge in [-0.25, -0.2) is 4.79 Å². The lowest BCUT2D eigenvalue weighted by atomic mass is 9.96. The van der Waals surface area contributed by atoms with Crippen LogP contribution in [0.1, 0.15) is 21.5 Å². The van der Waals surface area contributed by atoms with Gasteiger partial charge in [0.2, 0.25) is 0 Å². The molecule has 3 N–H and O–H groups in total. The third-order valence-electron chi connectivity index (χ3n) is 3.24. The van der Waals surface area contributed by atoms with Crippen LogP contribution in [0.5, 0.6) is 0 Å². The molecule has 0 fully saturated rings. The molecule has 0 aliphatic rings. The van der Waals surface area contributed by atoms with Crippen LogP contribution >= 0.6 is 0 Å². The van der Waals surface area contributed by atoms with Gasteiger partial charge in [-0.1, -0.05) is 54.6 Å². The highest BCUT2D eigenvalue weighted by molar-refractivity contribution is 6.29. The number of Topliss-reactive ketones (excluding diaryl/α,β-unsaturated/α-hetero) is 1. The summed E-state index contributed by atoms with van der Waals surface area (Å²) in [6, 6.07) is 13.1. The third kappa shape index (κ3) is 3.92. The van der Waals surface area contributed by atoms with Crippen LogP contribution in [0.3, 0.4) is 0 Å². The van der Waals surface area contributed by atoms with Gasteiger partial charge < -0.3 is 10.8 Å². The number of hydrogen-bond donors (Lipinski definition) is 2. The molecular formula is C18H13F2NO3. The van der Waals surface area contributed by atoms with Gasteiger partial charge in [-0.15, -0.1) is 0 Å².